The molecule has 2 aromatic carbocycles. The molecule has 1 aliphatic heterocycles. The predicted molar refractivity (Wildman–Crippen MR) is 97.0 cm³/mol. The van der Waals surface area contributed by atoms with E-state index in [4.69, 9.17) is 13.9 Å². The van der Waals surface area contributed by atoms with Gasteiger partial charge in [-0.15, -0.1) is 0 Å². The SMILES string of the molecule is CC(c1cc2ccccc2o1)N(C)S(=O)(=O)c1ccc2c(c1)OCCO2. The Bertz CT molecular complexity index is 1020. The fraction of sp³-hybridized carbons (Fsp3) is 0.263. The van der Waals surface area contributed by atoms with Crippen molar-refractivity contribution in [1.29, 1.82) is 0 Å². The minimum absolute atomic E-state index is 0.159. The lowest BCUT2D eigenvalue weighted by Gasteiger charge is -2.24. The highest BCUT2D eigenvalue weighted by molar-refractivity contribution is 7.89. The molecule has 0 saturated heterocycles. The molecule has 3 aromatic rings. The maximum Gasteiger partial charge on any atom is 0.243 e. The highest BCUT2D eigenvalue weighted by atomic mass is 32.2. The second-order valence-corrected chi connectivity index (χ2v) is 8.19. The maximum atomic E-state index is 13.0. The standard InChI is InChI=1S/C19H19NO5S/c1-13(18-11-14-5-3-4-6-16(14)25-18)20(2)26(21,22)15-7-8-17-19(12-15)24-10-9-23-17/h3-8,11-13H,9-10H2,1-2H3. The van der Waals surface area contributed by atoms with Gasteiger partial charge in [-0.2, -0.15) is 4.31 Å². The van der Waals surface area contributed by atoms with E-state index in [0.717, 1.165) is 11.0 Å². The van der Waals surface area contributed by atoms with Crippen molar-refractivity contribution in [3.05, 3.63) is 54.3 Å². The summed E-state index contributed by atoms with van der Waals surface area (Å²) >= 11 is 0. The summed E-state index contributed by atoms with van der Waals surface area (Å²) < 4.78 is 44.1. The average Bonchev–Trinajstić information content (AvgIpc) is 3.10. The van der Waals surface area contributed by atoms with Crippen LogP contribution < -0.4 is 9.47 Å². The Morgan fingerprint density at radius 3 is 2.50 bits per heavy atom. The molecule has 136 valence electrons. The molecule has 0 bridgehead atoms. The quantitative estimate of drug-likeness (QED) is 0.699. The van der Waals surface area contributed by atoms with Crippen LogP contribution in [0.2, 0.25) is 0 Å². The second-order valence-electron chi connectivity index (χ2n) is 6.19. The van der Waals surface area contributed by atoms with Gasteiger partial charge in [-0.3, -0.25) is 0 Å². The van der Waals surface area contributed by atoms with Crippen LogP contribution in [-0.2, 0) is 10.0 Å². The first-order valence-electron chi connectivity index (χ1n) is 8.33. The molecular formula is C19H19NO5S. The molecule has 1 atom stereocenters. The summed E-state index contributed by atoms with van der Waals surface area (Å²) in [5, 5.41) is 0.944. The molecule has 0 spiro atoms. The van der Waals surface area contributed by atoms with Crippen molar-refractivity contribution in [2.24, 2.45) is 0 Å². The Labute approximate surface area is 152 Å². The van der Waals surface area contributed by atoms with Crippen molar-refractivity contribution >= 4 is 21.0 Å². The van der Waals surface area contributed by atoms with Gasteiger partial charge in [0, 0.05) is 18.5 Å². The number of fused-ring (bicyclic) bond motifs is 2. The summed E-state index contributed by atoms with van der Waals surface area (Å²) in [4.78, 5) is 0.159. The van der Waals surface area contributed by atoms with E-state index in [-0.39, 0.29) is 4.90 Å². The van der Waals surface area contributed by atoms with E-state index in [9.17, 15) is 8.42 Å². The van der Waals surface area contributed by atoms with E-state index >= 15 is 0 Å². The van der Waals surface area contributed by atoms with Crippen LogP contribution in [0.3, 0.4) is 0 Å². The molecule has 0 N–H and O–H groups in total. The van der Waals surface area contributed by atoms with Gasteiger partial charge in [0.25, 0.3) is 0 Å². The van der Waals surface area contributed by atoms with Crippen molar-refractivity contribution in [3.63, 3.8) is 0 Å². The first-order chi connectivity index (χ1) is 12.5. The zero-order valence-electron chi connectivity index (χ0n) is 14.5. The Kier molecular flexibility index (Phi) is 4.13. The first-order valence-corrected chi connectivity index (χ1v) is 9.77. The topological polar surface area (TPSA) is 69.0 Å². The van der Waals surface area contributed by atoms with Gasteiger partial charge < -0.3 is 13.9 Å². The van der Waals surface area contributed by atoms with Gasteiger partial charge in [-0.1, -0.05) is 18.2 Å². The smallest absolute Gasteiger partial charge is 0.243 e. The molecule has 0 radical (unpaired) electrons. The molecule has 0 saturated carbocycles. The van der Waals surface area contributed by atoms with Crippen molar-refractivity contribution in [2.75, 3.05) is 20.3 Å². The predicted octanol–water partition coefficient (Wildman–Crippen LogP) is 3.59. The van der Waals surface area contributed by atoms with Crippen LogP contribution in [0.5, 0.6) is 11.5 Å². The molecule has 0 fully saturated rings. The van der Waals surface area contributed by atoms with E-state index in [1.165, 1.54) is 16.4 Å². The third-order valence-corrected chi connectivity index (χ3v) is 6.52. The fourth-order valence-electron chi connectivity index (χ4n) is 2.95. The molecule has 2 heterocycles. The van der Waals surface area contributed by atoms with E-state index in [1.54, 1.807) is 20.0 Å². The largest absolute Gasteiger partial charge is 0.486 e. The minimum Gasteiger partial charge on any atom is -0.486 e. The third kappa shape index (κ3) is 2.83. The number of hydrogen-bond acceptors (Lipinski definition) is 5. The van der Waals surface area contributed by atoms with Crippen LogP contribution in [0.15, 0.2) is 57.8 Å². The number of benzene rings is 2. The lowest BCUT2D eigenvalue weighted by molar-refractivity contribution is 0.171. The van der Waals surface area contributed by atoms with Crippen LogP contribution in [0.4, 0.5) is 0 Å². The molecule has 26 heavy (non-hydrogen) atoms. The molecule has 1 aromatic heterocycles. The zero-order chi connectivity index (χ0) is 18.3. The summed E-state index contributed by atoms with van der Waals surface area (Å²) in [5.74, 6) is 1.60. The fourth-order valence-corrected chi connectivity index (χ4v) is 4.29. The molecule has 1 aliphatic rings. The van der Waals surface area contributed by atoms with Gasteiger partial charge in [-0.05, 0) is 31.2 Å². The van der Waals surface area contributed by atoms with Gasteiger partial charge >= 0.3 is 0 Å². The van der Waals surface area contributed by atoms with Crippen LogP contribution in [0.25, 0.3) is 11.0 Å². The van der Waals surface area contributed by atoms with Crippen molar-refractivity contribution < 1.29 is 22.3 Å². The van der Waals surface area contributed by atoms with Crippen molar-refractivity contribution in [3.8, 4) is 11.5 Å². The number of sulfonamides is 1. The molecule has 0 amide bonds. The number of hydrogen-bond donors (Lipinski definition) is 0. The normalized spacial score (nSPS) is 15.3. The number of rotatable bonds is 4. The number of nitrogens with zero attached hydrogens (tertiary/aromatic N) is 1. The third-order valence-electron chi connectivity index (χ3n) is 4.59. The lowest BCUT2D eigenvalue weighted by atomic mass is 10.2. The maximum absolute atomic E-state index is 13.0. The Balaban J connectivity index is 1.66. The van der Waals surface area contributed by atoms with Crippen LogP contribution in [-0.4, -0.2) is 33.0 Å². The molecule has 1 unspecified atom stereocenters. The summed E-state index contributed by atoms with van der Waals surface area (Å²) in [6.07, 6.45) is 0. The molecule has 7 heteroatoms. The number of ether oxygens (including phenoxy) is 2. The van der Waals surface area contributed by atoms with Crippen molar-refractivity contribution in [2.45, 2.75) is 17.9 Å². The van der Waals surface area contributed by atoms with Gasteiger partial charge in [0.15, 0.2) is 11.5 Å². The monoisotopic (exact) mass is 373 g/mol. The summed E-state index contributed by atoms with van der Waals surface area (Å²) in [6.45, 7) is 2.66. The second kappa shape index (κ2) is 6.34. The van der Waals surface area contributed by atoms with Crippen LogP contribution in [0.1, 0.15) is 18.7 Å². The van der Waals surface area contributed by atoms with Gasteiger partial charge in [0.1, 0.15) is 24.6 Å². The van der Waals surface area contributed by atoms with E-state index < -0.39 is 16.1 Å². The van der Waals surface area contributed by atoms with E-state index in [2.05, 4.69) is 0 Å². The lowest BCUT2D eigenvalue weighted by Crippen LogP contribution is -2.29. The van der Waals surface area contributed by atoms with Crippen LogP contribution in [0, 0.1) is 0 Å². The highest BCUT2D eigenvalue weighted by Gasteiger charge is 2.29. The number of para-hydroxylation sites is 1. The summed E-state index contributed by atoms with van der Waals surface area (Å²) in [5.41, 5.74) is 0.736. The van der Waals surface area contributed by atoms with Gasteiger partial charge in [0.2, 0.25) is 10.0 Å². The van der Waals surface area contributed by atoms with E-state index in [1.807, 2.05) is 30.3 Å². The Morgan fingerprint density at radius 2 is 1.73 bits per heavy atom. The zero-order valence-corrected chi connectivity index (χ0v) is 15.3. The van der Waals surface area contributed by atoms with Crippen molar-refractivity contribution in [1.82, 2.24) is 4.31 Å². The van der Waals surface area contributed by atoms with Crippen LogP contribution >= 0.6 is 0 Å². The molecule has 6 nitrogen and oxygen atoms in total. The number of furan rings is 1. The average molecular weight is 373 g/mol. The molecule has 4 rings (SSSR count). The molecular weight excluding hydrogens is 354 g/mol. The van der Waals surface area contributed by atoms with Gasteiger partial charge in [-0.25, -0.2) is 8.42 Å². The summed E-state index contributed by atoms with van der Waals surface area (Å²) in [6, 6.07) is 13.7. The Morgan fingerprint density at radius 1 is 1.00 bits per heavy atom. The van der Waals surface area contributed by atoms with E-state index in [0.29, 0.717) is 30.5 Å². The first kappa shape index (κ1) is 16.9. The summed E-state index contributed by atoms with van der Waals surface area (Å²) in [7, 11) is -2.17. The van der Waals surface area contributed by atoms with Gasteiger partial charge in [0.05, 0.1) is 10.9 Å². The Hall–Kier alpha value is -2.51. The minimum atomic E-state index is -3.72. The molecule has 0 aliphatic carbocycles. The highest BCUT2D eigenvalue weighted by Crippen LogP contribution is 2.35.